The number of imidazole rings is 1. The van der Waals surface area contributed by atoms with Crippen LogP contribution in [0.4, 0.5) is 5.69 Å². The molecule has 2 unspecified atom stereocenters. The molecule has 2 aromatic rings. The standard InChI is InChI=1S/C18H22N4O2/c1-21-12-19-7-15(21)9-22-8-13(16-4-2-3-5-17(16)22)6-14-10-24-11-18(23)20-14/h2-5,7,12-14H,6,8-11H2,1H3,(H,20,23). The van der Waals surface area contributed by atoms with Crippen molar-refractivity contribution in [3.63, 3.8) is 0 Å². The van der Waals surface area contributed by atoms with Crippen molar-refractivity contribution in [2.45, 2.75) is 24.9 Å². The first kappa shape index (κ1) is 15.2. The Morgan fingerprint density at radius 2 is 2.25 bits per heavy atom. The molecule has 0 radical (unpaired) electrons. The van der Waals surface area contributed by atoms with Crippen LogP contribution in [-0.2, 0) is 23.1 Å². The van der Waals surface area contributed by atoms with Crippen LogP contribution in [0.5, 0.6) is 0 Å². The van der Waals surface area contributed by atoms with Crippen LogP contribution in [0.25, 0.3) is 0 Å². The summed E-state index contributed by atoms with van der Waals surface area (Å²) < 4.78 is 7.44. The molecule has 24 heavy (non-hydrogen) atoms. The Balaban J connectivity index is 1.52. The van der Waals surface area contributed by atoms with E-state index >= 15 is 0 Å². The molecule has 0 saturated carbocycles. The minimum atomic E-state index is -0.00993. The number of para-hydroxylation sites is 1. The summed E-state index contributed by atoms with van der Waals surface area (Å²) in [5, 5.41) is 3.05. The first-order chi connectivity index (χ1) is 11.7. The van der Waals surface area contributed by atoms with Crippen molar-refractivity contribution in [3.8, 4) is 0 Å². The van der Waals surface area contributed by atoms with Crippen molar-refractivity contribution >= 4 is 11.6 Å². The largest absolute Gasteiger partial charge is 0.370 e. The lowest BCUT2D eigenvalue weighted by atomic mass is 9.94. The van der Waals surface area contributed by atoms with Gasteiger partial charge in [-0.05, 0) is 18.1 Å². The zero-order valence-electron chi connectivity index (χ0n) is 13.8. The summed E-state index contributed by atoms with van der Waals surface area (Å²) in [6, 6.07) is 8.66. The number of amides is 1. The van der Waals surface area contributed by atoms with E-state index in [9.17, 15) is 4.79 Å². The highest BCUT2D eigenvalue weighted by Gasteiger charge is 2.32. The molecular weight excluding hydrogens is 304 g/mol. The van der Waals surface area contributed by atoms with Crippen molar-refractivity contribution < 1.29 is 9.53 Å². The molecule has 0 aliphatic carbocycles. The SMILES string of the molecule is Cn1cncc1CN1CC(CC2COCC(=O)N2)c2ccccc21. The predicted molar refractivity (Wildman–Crippen MR) is 90.8 cm³/mol. The lowest BCUT2D eigenvalue weighted by molar-refractivity contribution is -0.131. The molecule has 1 aromatic heterocycles. The highest BCUT2D eigenvalue weighted by Crippen LogP contribution is 2.39. The Hall–Kier alpha value is -2.34. The maximum absolute atomic E-state index is 11.5. The summed E-state index contributed by atoms with van der Waals surface area (Å²) in [7, 11) is 2.02. The number of morpholine rings is 1. The number of hydrogen-bond acceptors (Lipinski definition) is 4. The van der Waals surface area contributed by atoms with Crippen LogP contribution in [0, 0.1) is 0 Å². The predicted octanol–water partition coefficient (Wildman–Crippen LogP) is 1.43. The maximum atomic E-state index is 11.5. The van der Waals surface area contributed by atoms with Gasteiger partial charge < -0.3 is 19.5 Å². The van der Waals surface area contributed by atoms with Gasteiger partial charge in [0.1, 0.15) is 6.61 Å². The number of rotatable bonds is 4. The van der Waals surface area contributed by atoms with Gasteiger partial charge >= 0.3 is 0 Å². The van der Waals surface area contributed by atoms with E-state index in [-0.39, 0.29) is 18.6 Å². The molecule has 1 amide bonds. The Kier molecular flexibility index (Phi) is 3.98. The topological polar surface area (TPSA) is 59.4 Å². The van der Waals surface area contributed by atoms with Gasteiger partial charge in [-0.1, -0.05) is 18.2 Å². The van der Waals surface area contributed by atoms with E-state index in [2.05, 4.69) is 44.0 Å². The highest BCUT2D eigenvalue weighted by molar-refractivity contribution is 5.78. The third-order valence-electron chi connectivity index (χ3n) is 4.91. The van der Waals surface area contributed by atoms with Gasteiger partial charge in [0.05, 0.1) is 31.2 Å². The molecule has 2 aliphatic rings. The Bertz CT molecular complexity index is 742. The minimum Gasteiger partial charge on any atom is -0.370 e. The lowest BCUT2D eigenvalue weighted by Crippen LogP contribution is -2.46. The molecule has 4 rings (SSSR count). The Morgan fingerprint density at radius 1 is 1.38 bits per heavy atom. The zero-order valence-corrected chi connectivity index (χ0v) is 13.8. The molecule has 2 atom stereocenters. The molecule has 126 valence electrons. The van der Waals surface area contributed by atoms with Crippen molar-refractivity contribution in [2.75, 3.05) is 24.7 Å². The fourth-order valence-electron chi connectivity index (χ4n) is 3.74. The average Bonchev–Trinajstić information content (AvgIpc) is 3.13. The van der Waals surface area contributed by atoms with Gasteiger partial charge in [-0.25, -0.2) is 4.98 Å². The summed E-state index contributed by atoms with van der Waals surface area (Å²) in [5.41, 5.74) is 3.84. The van der Waals surface area contributed by atoms with Crippen LogP contribution in [0.3, 0.4) is 0 Å². The van der Waals surface area contributed by atoms with Crippen LogP contribution >= 0.6 is 0 Å². The van der Waals surface area contributed by atoms with E-state index in [1.165, 1.54) is 16.9 Å². The molecule has 6 heteroatoms. The van der Waals surface area contributed by atoms with Crippen LogP contribution in [0.15, 0.2) is 36.8 Å². The fraction of sp³-hybridized carbons (Fsp3) is 0.444. The van der Waals surface area contributed by atoms with E-state index in [1.807, 2.05) is 19.6 Å². The summed E-state index contributed by atoms with van der Waals surface area (Å²) in [4.78, 5) is 18.2. The van der Waals surface area contributed by atoms with Crippen LogP contribution in [0.1, 0.15) is 23.6 Å². The molecule has 0 spiro atoms. The van der Waals surface area contributed by atoms with Crippen molar-refractivity contribution in [2.24, 2.45) is 7.05 Å². The number of carbonyl (C=O) groups excluding carboxylic acids is 1. The average molecular weight is 326 g/mol. The number of aryl methyl sites for hydroxylation is 1. The second kappa shape index (κ2) is 6.28. The number of ether oxygens (including phenoxy) is 1. The van der Waals surface area contributed by atoms with Gasteiger partial charge in [-0.3, -0.25) is 4.79 Å². The summed E-state index contributed by atoms with van der Waals surface area (Å²) in [6.45, 7) is 2.59. The molecule has 0 bridgehead atoms. The Morgan fingerprint density at radius 3 is 3.04 bits per heavy atom. The first-order valence-corrected chi connectivity index (χ1v) is 8.37. The molecule has 2 aliphatic heterocycles. The van der Waals surface area contributed by atoms with Gasteiger partial charge in [0.25, 0.3) is 0 Å². The fourth-order valence-corrected chi connectivity index (χ4v) is 3.74. The monoisotopic (exact) mass is 326 g/mol. The number of benzene rings is 1. The lowest BCUT2D eigenvalue weighted by Gasteiger charge is -2.26. The van der Waals surface area contributed by atoms with E-state index in [4.69, 9.17) is 4.74 Å². The maximum Gasteiger partial charge on any atom is 0.246 e. The second-order valence-electron chi connectivity index (χ2n) is 6.65. The van der Waals surface area contributed by atoms with E-state index < -0.39 is 0 Å². The first-order valence-electron chi connectivity index (χ1n) is 8.37. The Labute approximate surface area is 141 Å². The van der Waals surface area contributed by atoms with Crippen LogP contribution < -0.4 is 10.2 Å². The van der Waals surface area contributed by atoms with Crippen LogP contribution in [0.2, 0.25) is 0 Å². The summed E-state index contributed by atoms with van der Waals surface area (Å²) in [5.74, 6) is 0.394. The van der Waals surface area contributed by atoms with Gasteiger partial charge in [0, 0.05) is 31.4 Å². The number of aromatic nitrogens is 2. The number of nitrogens with zero attached hydrogens (tertiary/aromatic N) is 3. The quantitative estimate of drug-likeness (QED) is 0.923. The summed E-state index contributed by atoms with van der Waals surface area (Å²) >= 11 is 0. The molecule has 1 N–H and O–H groups in total. The minimum absolute atomic E-state index is 0.00993. The number of fused-ring (bicyclic) bond motifs is 1. The highest BCUT2D eigenvalue weighted by atomic mass is 16.5. The molecule has 1 fully saturated rings. The smallest absolute Gasteiger partial charge is 0.246 e. The third kappa shape index (κ3) is 2.89. The molecule has 1 saturated heterocycles. The van der Waals surface area contributed by atoms with Crippen molar-refractivity contribution in [1.29, 1.82) is 0 Å². The number of hydrogen-bond donors (Lipinski definition) is 1. The molecule has 3 heterocycles. The molecule has 1 aromatic carbocycles. The number of carbonyl (C=O) groups is 1. The van der Waals surface area contributed by atoms with E-state index in [1.54, 1.807) is 0 Å². The van der Waals surface area contributed by atoms with Gasteiger partial charge in [-0.15, -0.1) is 0 Å². The van der Waals surface area contributed by atoms with Gasteiger partial charge in [0.2, 0.25) is 5.91 Å². The third-order valence-corrected chi connectivity index (χ3v) is 4.91. The van der Waals surface area contributed by atoms with Crippen molar-refractivity contribution in [1.82, 2.24) is 14.9 Å². The second-order valence-corrected chi connectivity index (χ2v) is 6.65. The normalized spacial score (nSPS) is 23.2. The number of nitrogens with one attached hydrogen (secondary N) is 1. The zero-order chi connectivity index (χ0) is 16.5. The summed E-state index contributed by atoms with van der Waals surface area (Å²) in [6.07, 6.45) is 4.67. The van der Waals surface area contributed by atoms with Crippen LogP contribution in [-0.4, -0.2) is 41.3 Å². The van der Waals surface area contributed by atoms with E-state index in [0.29, 0.717) is 12.5 Å². The van der Waals surface area contributed by atoms with Gasteiger partial charge in [-0.2, -0.15) is 0 Å². The molecular formula is C18H22N4O2. The molecule has 6 nitrogen and oxygen atoms in total. The van der Waals surface area contributed by atoms with Gasteiger partial charge in [0.15, 0.2) is 0 Å². The van der Waals surface area contributed by atoms with E-state index in [0.717, 1.165) is 19.5 Å². The number of anilines is 1. The van der Waals surface area contributed by atoms with Crippen molar-refractivity contribution in [3.05, 3.63) is 48.0 Å².